The Morgan fingerprint density at radius 1 is 1.11 bits per heavy atom. The average molecular weight is 303 g/mol. The minimum absolute atomic E-state index is 0.00776. The van der Waals surface area contributed by atoms with Crippen LogP contribution in [0.25, 0.3) is 0 Å². The summed E-state index contributed by atoms with van der Waals surface area (Å²) in [6.45, 7) is 0. The van der Waals surface area contributed by atoms with Crippen LogP contribution in [0.4, 0.5) is 8.78 Å². The molecule has 1 unspecified atom stereocenters. The Labute approximate surface area is 119 Å². The fourth-order valence-corrected chi connectivity index (χ4v) is 2.22. The molecule has 1 N–H and O–H groups in total. The normalized spacial score (nSPS) is 12.5. The molecule has 0 aromatic heterocycles. The minimum Gasteiger partial charge on any atom is -0.388 e. The van der Waals surface area contributed by atoms with E-state index >= 15 is 0 Å². The SMILES string of the molecule is OC(Cc1ccc(F)cc1F)c1cccc(Cl)c1Cl. The topological polar surface area (TPSA) is 20.2 Å². The summed E-state index contributed by atoms with van der Waals surface area (Å²) in [6, 6.07) is 8.07. The lowest BCUT2D eigenvalue weighted by molar-refractivity contribution is 0.177. The minimum atomic E-state index is -1.01. The van der Waals surface area contributed by atoms with E-state index in [2.05, 4.69) is 0 Å². The summed E-state index contributed by atoms with van der Waals surface area (Å²) in [6.07, 6.45) is -1.02. The highest BCUT2D eigenvalue weighted by Gasteiger charge is 2.16. The summed E-state index contributed by atoms with van der Waals surface area (Å²) < 4.78 is 26.3. The fourth-order valence-electron chi connectivity index (χ4n) is 1.78. The average Bonchev–Trinajstić information content (AvgIpc) is 2.36. The molecule has 0 aliphatic heterocycles. The Morgan fingerprint density at radius 3 is 2.53 bits per heavy atom. The summed E-state index contributed by atoms with van der Waals surface area (Å²) in [5, 5.41) is 10.6. The van der Waals surface area contributed by atoms with Crippen LogP contribution in [0.5, 0.6) is 0 Å². The van der Waals surface area contributed by atoms with Crippen LogP contribution in [0.3, 0.4) is 0 Å². The molecular formula is C14H10Cl2F2O. The number of rotatable bonds is 3. The zero-order valence-electron chi connectivity index (χ0n) is 9.71. The monoisotopic (exact) mass is 302 g/mol. The molecule has 100 valence electrons. The number of benzene rings is 2. The first-order chi connectivity index (χ1) is 8.99. The molecule has 1 nitrogen and oxygen atoms in total. The maximum absolute atomic E-state index is 13.5. The van der Waals surface area contributed by atoms with Gasteiger partial charge in [-0.05, 0) is 17.7 Å². The molecule has 0 saturated carbocycles. The quantitative estimate of drug-likeness (QED) is 0.882. The van der Waals surface area contributed by atoms with Gasteiger partial charge in [-0.1, -0.05) is 41.4 Å². The molecular weight excluding hydrogens is 293 g/mol. The van der Waals surface area contributed by atoms with Crippen molar-refractivity contribution in [2.24, 2.45) is 0 Å². The highest BCUT2D eigenvalue weighted by Crippen LogP contribution is 2.31. The highest BCUT2D eigenvalue weighted by atomic mass is 35.5. The molecule has 0 spiro atoms. The first-order valence-corrected chi connectivity index (χ1v) is 6.30. The van der Waals surface area contributed by atoms with Gasteiger partial charge in [0, 0.05) is 18.1 Å². The molecule has 0 amide bonds. The molecule has 5 heteroatoms. The molecule has 2 aromatic carbocycles. The lowest BCUT2D eigenvalue weighted by Gasteiger charge is -2.14. The van der Waals surface area contributed by atoms with E-state index in [1.165, 1.54) is 6.07 Å². The third-order valence-electron chi connectivity index (χ3n) is 2.77. The third kappa shape index (κ3) is 3.24. The van der Waals surface area contributed by atoms with Crippen molar-refractivity contribution < 1.29 is 13.9 Å². The van der Waals surface area contributed by atoms with Gasteiger partial charge >= 0.3 is 0 Å². The second-order valence-electron chi connectivity index (χ2n) is 4.10. The molecule has 19 heavy (non-hydrogen) atoms. The molecule has 0 bridgehead atoms. The van der Waals surface area contributed by atoms with E-state index in [4.69, 9.17) is 23.2 Å². The summed E-state index contributed by atoms with van der Waals surface area (Å²) in [5.74, 6) is -1.35. The van der Waals surface area contributed by atoms with Gasteiger partial charge in [-0.25, -0.2) is 8.78 Å². The van der Waals surface area contributed by atoms with E-state index in [9.17, 15) is 13.9 Å². The van der Waals surface area contributed by atoms with E-state index in [1.54, 1.807) is 18.2 Å². The van der Waals surface area contributed by atoms with Gasteiger partial charge in [-0.15, -0.1) is 0 Å². The first kappa shape index (κ1) is 14.3. The molecule has 1 atom stereocenters. The molecule has 2 aromatic rings. The van der Waals surface area contributed by atoms with E-state index in [-0.39, 0.29) is 17.0 Å². The molecule has 0 radical (unpaired) electrons. The number of aliphatic hydroxyl groups excluding tert-OH is 1. The zero-order chi connectivity index (χ0) is 14.0. The van der Waals surface area contributed by atoms with Crippen molar-refractivity contribution in [3.8, 4) is 0 Å². The van der Waals surface area contributed by atoms with Gasteiger partial charge in [-0.3, -0.25) is 0 Å². The van der Waals surface area contributed by atoms with Crippen molar-refractivity contribution >= 4 is 23.2 Å². The standard InChI is InChI=1S/C14H10Cl2F2O/c15-11-3-1-2-10(14(11)16)13(19)6-8-4-5-9(17)7-12(8)18/h1-5,7,13,19H,6H2. The molecule has 0 aliphatic carbocycles. The maximum Gasteiger partial charge on any atom is 0.129 e. The predicted octanol–water partition coefficient (Wildman–Crippen LogP) is 4.55. The predicted molar refractivity (Wildman–Crippen MR) is 71.5 cm³/mol. The van der Waals surface area contributed by atoms with Gasteiger partial charge in [0.05, 0.1) is 16.1 Å². The van der Waals surface area contributed by atoms with Crippen LogP contribution in [0.15, 0.2) is 36.4 Å². The number of hydrogen-bond donors (Lipinski definition) is 1. The fraction of sp³-hybridized carbons (Fsp3) is 0.143. The van der Waals surface area contributed by atoms with Crippen molar-refractivity contribution in [1.82, 2.24) is 0 Å². The number of halogens is 4. The largest absolute Gasteiger partial charge is 0.388 e. The van der Waals surface area contributed by atoms with Crippen molar-refractivity contribution in [3.05, 3.63) is 69.2 Å². The van der Waals surface area contributed by atoms with Gasteiger partial charge in [0.1, 0.15) is 11.6 Å². The lowest BCUT2D eigenvalue weighted by atomic mass is 10.0. The van der Waals surface area contributed by atoms with Crippen LogP contribution in [0.1, 0.15) is 17.2 Å². The van der Waals surface area contributed by atoms with Crippen LogP contribution < -0.4 is 0 Å². The third-order valence-corrected chi connectivity index (χ3v) is 3.60. The maximum atomic E-state index is 13.5. The Morgan fingerprint density at radius 2 is 1.84 bits per heavy atom. The van der Waals surface area contributed by atoms with Crippen LogP contribution in [-0.2, 0) is 6.42 Å². The van der Waals surface area contributed by atoms with Crippen molar-refractivity contribution in [2.45, 2.75) is 12.5 Å². The Kier molecular flexibility index (Phi) is 4.40. The Balaban J connectivity index is 2.25. The smallest absolute Gasteiger partial charge is 0.129 e. The molecule has 0 saturated heterocycles. The van der Waals surface area contributed by atoms with Crippen LogP contribution in [-0.4, -0.2) is 5.11 Å². The molecule has 2 rings (SSSR count). The van der Waals surface area contributed by atoms with Crippen molar-refractivity contribution in [3.63, 3.8) is 0 Å². The number of hydrogen-bond acceptors (Lipinski definition) is 1. The summed E-state index contributed by atoms with van der Waals surface area (Å²) in [7, 11) is 0. The van der Waals surface area contributed by atoms with E-state index in [0.717, 1.165) is 12.1 Å². The zero-order valence-corrected chi connectivity index (χ0v) is 11.2. The summed E-state index contributed by atoms with van der Waals surface area (Å²) in [5.41, 5.74) is 0.628. The van der Waals surface area contributed by atoms with E-state index in [1.807, 2.05) is 0 Å². The second kappa shape index (κ2) is 5.87. The molecule has 0 aliphatic rings. The van der Waals surface area contributed by atoms with Gasteiger partial charge in [0.15, 0.2) is 0 Å². The van der Waals surface area contributed by atoms with Crippen molar-refractivity contribution in [2.75, 3.05) is 0 Å². The summed E-state index contributed by atoms with van der Waals surface area (Å²) in [4.78, 5) is 0. The van der Waals surface area contributed by atoms with Gasteiger partial charge < -0.3 is 5.11 Å². The molecule has 0 heterocycles. The van der Waals surface area contributed by atoms with Gasteiger partial charge in [0.2, 0.25) is 0 Å². The summed E-state index contributed by atoms with van der Waals surface area (Å²) >= 11 is 11.8. The molecule has 0 fully saturated rings. The van der Waals surface area contributed by atoms with Crippen LogP contribution in [0, 0.1) is 11.6 Å². The lowest BCUT2D eigenvalue weighted by Crippen LogP contribution is -2.04. The van der Waals surface area contributed by atoms with Gasteiger partial charge in [0.25, 0.3) is 0 Å². The second-order valence-corrected chi connectivity index (χ2v) is 4.88. The van der Waals surface area contributed by atoms with Gasteiger partial charge in [-0.2, -0.15) is 0 Å². The number of aliphatic hydroxyl groups is 1. The first-order valence-electron chi connectivity index (χ1n) is 5.55. The van der Waals surface area contributed by atoms with Crippen LogP contribution >= 0.6 is 23.2 Å². The van der Waals surface area contributed by atoms with Crippen molar-refractivity contribution in [1.29, 1.82) is 0 Å². The van der Waals surface area contributed by atoms with Crippen LogP contribution in [0.2, 0.25) is 10.0 Å². The van der Waals surface area contributed by atoms with E-state index in [0.29, 0.717) is 10.6 Å². The Bertz CT molecular complexity index is 602. The Hall–Kier alpha value is -1.16. The highest BCUT2D eigenvalue weighted by molar-refractivity contribution is 6.42. The van der Waals surface area contributed by atoms with E-state index < -0.39 is 17.7 Å².